The van der Waals surface area contributed by atoms with Crippen LogP contribution in [0.2, 0.25) is 0 Å². The molecule has 3 nitrogen and oxygen atoms in total. The summed E-state index contributed by atoms with van der Waals surface area (Å²) in [6.07, 6.45) is 0.897. The van der Waals surface area contributed by atoms with Crippen LogP contribution in [-0.4, -0.2) is 71.2 Å². The van der Waals surface area contributed by atoms with Crippen molar-refractivity contribution in [2.75, 3.05) is 0 Å². The molecule has 2 N–H and O–H groups in total. The second-order valence-corrected chi connectivity index (χ2v) is 2.00. The first kappa shape index (κ1) is 13.6. The van der Waals surface area contributed by atoms with Crippen molar-refractivity contribution in [3.05, 3.63) is 0 Å². The predicted octanol–water partition coefficient (Wildman–Crippen LogP) is 0.466. The number of aliphatic carboxylic acids is 1. The fourth-order valence-electron chi connectivity index (χ4n) is 0.521. The summed E-state index contributed by atoms with van der Waals surface area (Å²) in [5.41, 5.74) is 0. The first-order valence-electron chi connectivity index (χ1n) is 3.09. The molecular formula is C6H14BaO3. The van der Waals surface area contributed by atoms with Gasteiger partial charge < -0.3 is 13.1 Å². The molecule has 0 aromatic carbocycles. The molecule has 0 aliphatic heterocycles. The van der Waals surface area contributed by atoms with Crippen molar-refractivity contribution in [1.82, 2.24) is 0 Å². The summed E-state index contributed by atoms with van der Waals surface area (Å²) in [6.45, 7) is 1.95. The maximum absolute atomic E-state index is 9.96. The van der Waals surface area contributed by atoms with Crippen LogP contribution in [0.3, 0.4) is 0 Å². The van der Waals surface area contributed by atoms with Crippen LogP contribution >= 0.6 is 0 Å². The Morgan fingerprint density at radius 1 is 1.70 bits per heavy atom. The number of carboxylic acids is 1. The Labute approximate surface area is 104 Å². The third-order valence-electron chi connectivity index (χ3n) is 1.12. The van der Waals surface area contributed by atoms with Gasteiger partial charge in [-0.25, -0.2) is 4.79 Å². The van der Waals surface area contributed by atoms with Gasteiger partial charge in [-0.2, -0.15) is 0 Å². The van der Waals surface area contributed by atoms with Crippen LogP contribution in [0.25, 0.3) is 0 Å². The van der Waals surface area contributed by atoms with E-state index < -0.39 is 12.1 Å². The maximum atomic E-state index is 9.96. The Bertz CT molecular complexity index is 103. The third kappa shape index (κ3) is 7.11. The van der Waals surface area contributed by atoms with E-state index in [9.17, 15) is 4.79 Å². The normalized spacial score (nSPS) is 11.8. The summed E-state index contributed by atoms with van der Waals surface area (Å²) in [7, 11) is 0. The standard InChI is InChI=1S/C6H12O3.Ba.2H/c1-2-3-4-5(7)6(8)9;;;/h5,7H,2-4H2,1H3,(H,8,9);;;/q;+2;2*-1. The number of aliphatic hydroxyl groups is 1. The number of hydrogen-bond acceptors (Lipinski definition) is 2. The quantitative estimate of drug-likeness (QED) is 0.731. The zero-order valence-electron chi connectivity index (χ0n) is 8.21. The van der Waals surface area contributed by atoms with Gasteiger partial charge in [-0.05, 0) is 6.42 Å². The molecule has 4 heteroatoms. The average molecular weight is 272 g/mol. The molecule has 1 atom stereocenters. The molecule has 0 aliphatic rings. The summed E-state index contributed by atoms with van der Waals surface area (Å²) < 4.78 is 0. The number of hydrogen-bond donors (Lipinski definition) is 2. The van der Waals surface area contributed by atoms with Crippen molar-refractivity contribution in [1.29, 1.82) is 0 Å². The summed E-state index contributed by atoms with van der Waals surface area (Å²) in [5.74, 6) is -1.12. The number of carbonyl (C=O) groups is 1. The Morgan fingerprint density at radius 2 is 2.20 bits per heavy atom. The monoisotopic (exact) mass is 272 g/mol. The van der Waals surface area contributed by atoms with E-state index in [1.54, 1.807) is 0 Å². The summed E-state index contributed by atoms with van der Waals surface area (Å²) in [6, 6.07) is 0. The molecule has 0 rings (SSSR count). The number of unbranched alkanes of at least 4 members (excludes halogenated alkanes) is 1. The number of rotatable bonds is 4. The molecule has 0 saturated heterocycles. The van der Waals surface area contributed by atoms with Gasteiger partial charge in [0.15, 0.2) is 6.10 Å². The minimum absolute atomic E-state index is 0. The molecule has 0 aromatic heterocycles. The fraction of sp³-hybridized carbons (Fsp3) is 0.833. The molecule has 0 radical (unpaired) electrons. The van der Waals surface area contributed by atoms with Gasteiger partial charge in [0.05, 0.1) is 0 Å². The van der Waals surface area contributed by atoms with E-state index in [1.165, 1.54) is 0 Å². The van der Waals surface area contributed by atoms with Gasteiger partial charge in [0, 0.05) is 0 Å². The summed E-state index contributed by atoms with van der Waals surface area (Å²) in [4.78, 5) is 9.96. The molecule has 0 aliphatic carbocycles. The Balaban J connectivity index is -0.000000107. The predicted molar refractivity (Wildman–Crippen MR) is 41.1 cm³/mol. The molecule has 0 fully saturated rings. The smallest absolute Gasteiger partial charge is 1.00 e. The van der Waals surface area contributed by atoms with Crippen LogP contribution in [0, 0.1) is 0 Å². The van der Waals surface area contributed by atoms with Crippen LogP contribution in [0.15, 0.2) is 0 Å². The Morgan fingerprint density at radius 3 is 2.50 bits per heavy atom. The van der Waals surface area contributed by atoms with Crippen molar-refractivity contribution in [2.24, 2.45) is 0 Å². The van der Waals surface area contributed by atoms with E-state index in [0.717, 1.165) is 12.8 Å². The van der Waals surface area contributed by atoms with Gasteiger partial charge in [0.2, 0.25) is 0 Å². The van der Waals surface area contributed by atoms with Crippen molar-refractivity contribution >= 4 is 54.9 Å². The molecule has 0 saturated carbocycles. The summed E-state index contributed by atoms with van der Waals surface area (Å²) in [5, 5.41) is 16.8. The van der Waals surface area contributed by atoms with Gasteiger partial charge in [0.1, 0.15) is 0 Å². The molecule has 0 bridgehead atoms. The molecule has 0 heterocycles. The zero-order valence-corrected chi connectivity index (χ0v) is 10.6. The van der Waals surface area contributed by atoms with Crippen molar-refractivity contribution in [3.8, 4) is 0 Å². The molecule has 0 amide bonds. The SMILES string of the molecule is CCCCC(O)C(=O)O.[Ba+2].[H-].[H-]. The van der Waals surface area contributed by atoms with Crippen LogP contribution in [-0.2, 0) is 4.79 Å². The van der Waals surface area contributed by atoms with Crippen LogP contribution in [0.1, 0.15) is 29.0 Å². The van der Waals surface area contributed by atoms with Gasteiger partial charge in [-0.15, -0.1) is 0 Å². The minimum atomic E-state index is -1.16. The fourth-order valence-corrected chi connectivity index (χ4v) is 0.521. The van der Waals surface area contributed by atoms with E-state index in [2.05, 4.69) is 0 Å². The molecule has 0 aromatic rings. The summed E-state index contributed by atoms with van der Waals surface area (Å²) >= 11 is 0. The molecule has 58 valence electrons. The Hall–Kier alpha value is 1.00. The van der Waals surface area contributed by atoms with Crippen molar-refractivity contribution in [3.63, 3.8) is 0 Å². The topological polar surface area (TPSA) is 57.5 Å². The average Bonchev–Trinajstić information content (AvgIpc) is 1.82. The van der Waals surface area contributed by atoms with Crippen LogP contribution in [0.4, 0.5) is 0 Å². The molecule has 1 unspecified atom stereocenters. The van der Waals surface area contributed by atoms with Crippen LogP contribution < -0.4 is 0 Å². The van der Waals surface area contributed by atoms with Gasteiger partial charge >= 0.3 is 54.9 Å². The van der Waals surface area contributed by atoms with E-state index >= 15 is 0 Å². The van der Waals surface area contributed by atoms with E-state index in [1.807, 2.05) is 6.92 Å². The second-order valence-electron chi connectivity index (χ2n) is 2.00. The first-order chi connectivity index (χ1) is 4.18. The van der Waals surface area contributed by atoms with E-state index in [0.29, 0.717) is 6.42 Å². The molecule has 10 heavy (non-hydrogen) atoms. The number of aliphatic hydroxyl groups excluding tert-OH is 1. The third-order valence-corrected chi connectivity index (χ3v) is 1.12. The van der Waals surface area contributed by atoms with E-state index in [-0.39, 0.29) is 51.7 Å². The largest absolute Gasteiger partial charge is 2.00 e. The van der Waals surface area contributed by atoms with Crippen molar-refractivity contribution in [2.45, 2.75) is 32.3 Å². The van der Waals surface area contributed by atoms with Crippen LogP contribution in [0.5, 0.6) is 0 Å². The van der Waals surface area contributed by atoms with Gasteiger partial charge in [-0.1, -0.05) is 19.8 Å². The van der Waals surface area contributed by atoms with Gasteiger partial charge in [0.25, 0.3) is 0 Å². The number of carboxylic acid groups (broad SMARTS) is 1. The second kappa shape index (κ2) is 8.10. The van der Waals surface area contributed by atoms with E-state index in [4.69, 9.17) is 10.2 Å². The van der Waals surface area contributed by atoms with Crippen molar-refractivity contribution < 1.29 is 17.9 Å². The molecular weight excluding hydrogens is 257 g/mol. The minimum Gasteiger partial charge on any atom is -1.00 e. The first-order valence-corrected chi connectivity index (χ1v) is 3.09. The van der Waals surface area contributed by atoms with Gasteiger partial charge in [-0.3, -0.25) is 0 Å². The maximum Gasteiger partial charge on any atom is 2.00 e. The zero-order chi connectivity index (χ0) is 7.28. The Kier molecular flexibility index (Phi) is 11.0. The molecule has 0 spiro atoms.